The Morgan fingerprint density at radius 3 is 3.19 bits per heavy atom. The molecule has 1 aromatic heterocycles. The maximum absolute atomic E-state index is 12.2. The Morgan fingerprint density at radius 2 is 2.43 bits per heavy atom. The average Bonchev–Trinajstić information content (AvgIpc) is 3.10. The number of amides is 1. The van der Waals surface area contributed by atoms with Crippen molar-refractivity contribution in [1.82, 2.24) is 20.4 Å². The van der Waals surface area contributed by atoms with Crippen molar-refractivity contribution < 1.29 is 9.90 Å². The normalized spacial score (nSPS) is 24.8. The van der Waals surface area contributed by atoms with Crippen molar-refractivity contribution in [3.63, 3.8) is 0 Å². The van der Waals surface area contributed by atoms with Crippen LogP contribution in [-0.4, -0.2) is 40.5 Å². The van der Waals surface area contributed by atoms with Gasteiger partial charge in [0, 0.05) is 17.7 Å². The zero-order chi connectivity index (χ0) is 14.7. The molecule has 1 aromatic rings. The Kier molecular flexibility index (Phi) is 4.55. The quantitative estimate of drug-likeness (QED) is 0.732. The molecule has 0 saturated carbocycles. The second-order valence-corrected chi connectivity index (χ2v) is 6.07. The fourth-order valence-corrected chi connectivity index (χ4v) is 3.46. The number of carbonyl (C=O) groups is 1. The van der Waals surface area contributed by atoms with E-state index in [9.17, 15) is 4.79 Å². The van der Waals surface area contributed by atoms with Gasteiger partial charge in [0.1, 0.15) is 0 Å². The van der Waals surface area contributed by atoms with E-state index in [0.29, 0.717) is 18.9 Å². The minimum atomic E-state index is 0.0862. The molecule has 2 unspecified atom stereocenters. The maximum Gasteiger partial charge on any atom is 0.220 e. The Labute approximate surface area is 124 Å². The van der Waals surface area contributed by atoms with Gasteiger partial charge in [-0.2, -0.15) is 5.10 Å². The van der Waals surface area contributed by atoms with Crippen LogP contribution >= 0.6 is 0 Å². The monoisotopic (exact) mass is 292 g/mol. The van der Waals surface area contributed by atoms with Crippen molar-refractivity contribution in [2.24, 2.45) is 5.92 Å². The molecule has 0 spiro atoms. The van der Waals surface area contributed by atoms with Crippen molar-refractivity contribution in [3.8, 4) is 0 Å². The molecule has 116 valence electrons. The van der Waals surface area contributed by atoms with Gasteiger partial charge in [-0.25, -0.2) is 0 Å². The highest BCUT2D eigenvalue weighted by Gasteiger charge is 2.26. The zero-order valence-corrected chi connectivity index (χ0v) is 12.3. The molecular weight excluding hydrogens is 268 g/mol. The number of rotatable bonds is 5. The molecule has 1 saturated heterocycles. The van der Waals surface area contributed by atoms with Gasteiger partial charge < -0.3 is 15.7 Å². The van der Waals surface area contributed by atoms with E-state index >= 15 is 0 Å². The standard InChI is InChI=1S/C15H24N4O2/c20-7-6-19-14-3-1-2-13(12(14)10-17-19)18-15(21)8-11-4-5-16-9-11/h10-11,13,16,20H,1-9H2,(H,18,21). The molecule has 6 nitrogen and oxygen atoms in total. The summed E-state index contributed by atoms with van der Waals surface area (Å²) in [7, 11) is 0. The second kappa shape index (κ2) is 6.58. The molecule has 0 bridgehead atoms. The highest BCUT2D eigenvalue weighted by molar-refractivity contribution is 5.76. The number of hydrogen-bond donors (Lipinski definition) is 3. The molecule has 3 rings (SSSR count). The van der Waals surface area contributed by atoms with E-state index in [-0.39, 0.29) is 18.6 Å². The van der Waals surface area contributed by atoms with Crippen LogP contribution in [-0.2, 0) is 17.8 Å². The van der Waals surface area contributed by atoms with Gasteiger partial charge in [0.25, 0.3) is 0 Å². The van der Waals surface area contributed by atoms with Gasteiger partial charge in [0.05, 0.1) is 25.4 Å². The number of nitrogens with one attached hydrogen (secondary N) is 2. The van der Waals surface area contributed by atoms with Gasteiger partial charge in [0.15, 0.2) is 0 Å². The molecule has 1 amide bonds. The van der Waals surface area contributed by atoms with Crippen molar-refractivity contribution in [3.05, 3.63) is 17.5 Å². The highest BCUT2D eigenvalue weighted by Crippen LogP contribution is 2.29. The number of fused-ring (bicyclic) bond motifs is 1. The summed E-state index contributed by atoms with van der Waals surface area (Å²) >= 11 is 0. The van der Waals surface area contributed by atoms with E-state index in [1.807, 2.05) is 10.9 Å². The Balaban J connectivity index is 1.63. The first-order valence-electron chi connectivity index (χ1n) is 7.93. The predicted molar refractivity (Wildman–Crippen MR) is 78.7 cm³/mol. The van der Waals surface area contributed by atoms with Crippen LogP contribution in [0, 0.1) is 5.92 Å². The first kappa shape index (κ1) is 14.5. The third-order valence-electron chi connectivity index (χ3n) is 4.55. The van der Waals surface area contributed by atoms with Crippen molar-refractivity contribution in [2.75, 3.05) is 19.7 Å². The first-order valence-corrected chi connectivity index (χ1v) is 7.93. The number of aliphatic hydroxyl groups excluding tert-OH is 1. The lowest BCUT2D eigenvalue weighted by molar-refractivity contribution is -0.122. The fraction of sp³-hybridized carbons (Fsp3) is 0.733. The summed E-state index contributed by atoms with van der Waals surface area (Å²) in [5.74, 6) is 0.627. The molecule has 1 fully saturated rings. The molecule has 2 aliphatic rings. The number of nitrogens with zero attached hydrogens (tertiary/aromatic N) is 2. The van der Waals surface area contributed by atoms with Crippen LogP contribution in [0.15, 0.2) is 6.20 Å². The molecule has 3 N–H and O–H groups in total. The van der Waals surface area contributed by atoms with Crippen LogP contribution in [0.2, 0.25) is 0 Å². The van der Waals surface area contributed by atoms with E-state index in [1.54, 1.807) is 0 Å². The van der Waals surface area contributed by atoms with Crippen molar-refractivity contribution in [2.45, 2.75) is 44.7 Å². The largest absolute Gasteiger partial charge is 0.394 e. The molecule has 0 radical (unpaired) electrons. The van der Waals surface area contributed by atoms with Crippen LogP contribution in [0.4, 0.5) is 0 Å². The third-order valence-corrected chi connectivity index (χ3v) is 4.55. The topological polar surface area (TPSA) is 79.2 Å². The van der Waals surface area contributed by atoms with E-state index in [2.05, 4.69) is 15.7 Å². The lowest BCUT2D eigenvalue weighted by atomic mass is 9.92. The SMILES string of the molecule is O=C(CC1CCNC1)NC1CCCc2c1cnn2CCO. The van der Waals surface area contributed by atoms with Crippen LogP contribution in [0.1, 0.15) is 43.0 Å². The maximum atomic E-state index is 12.2. The second-order valence-electron chi connectivity index (χ2n) is 6.07. The van der Waals surface area contributed by atoms with Gasteiger partial charge in [-0.1, -0.05) is 0 Å². The first-order chi connectivity index (χ1) is 10.3. The Bertz CT molecular complexity index is 494. The lowest BCUT2D eigenvalue weighted by Crippen LogP contribution is -2.32. The number of aromatic nitrogens is 2. The van der Waals surface area contributed by atoms with Crippen molar-refractivity contribution in [1.29, 1.82) is 0 Å². The zero-order valence-electron chi connectivity index (χ0n) is 12.3. The fourth-order valence-electron chi connectivity index (χ4n) is 3.46. The minimum Gasteiger partial charge on any atom is -0.394 e. The Hall–Kier alpha value is -1.40. The molecular formula is C15H24N4O2. The van der Waals surface area contributed by atoms with Crippen LogP contribution < -0.4 is 10.6 Å². The third kappa shape index (κ3) is 3.27. The minimum absolute atomic E-state index is 0.0862. The van der Waals surface area contributed by atoms with Gasteiger partial charge in [0.2, 0.25) is 5.91 Å². The summed E-state index contributed by atoms with van der Waals surface area (Å²) in [5, 5.41) is 19.9. The summed E-state index contributed by atoms with van der Waals surface area (Å²) in [6.45, 7) is 2.61. The predicted octanol–water partition coefficient (Wildman–Crippen LogP) is 0.369. The van der Waals surface area contributed by atoms with E-state index in [0.717, 1.165) is 44.3 Å². The molecule has 2 atom stereocenters. The molecule has 6 heteroatoms. The van der Waals surface area contributed by atoms with Crippen LogP contribution in [0.3, 0.4) is 0 Å². The smallest absolute Gasteiger partial charge is 0.220 e. The van der Waals surface area contributed by atoms with Gasteiger partial charge in [-0.3, -0.25) is 9.48 Å². The van der Waals surface area contributed by atoms with Crippen LogP contribution in [0.5, 0.6) is 0 Å². The molecule has 1 aliphatic carbocycles. The van der Waals surface area contributed by atoms with E-state index < -0.39 is 0 Å². The van der Waals surface area contributed by atoms with Gasteiger partial charge in [-0.05, 0) is 44.7 Å². The van der Waals surface area contributed by atoms with E-state index in [4.69, 9.17) is 5.11 Å². The van der Waals surface area contributed by atoms with Crippen LogP contribution in [0.25, 0.3) is 0 Å². The number of aliphatic hydroxyl groups is 1. The number of carbonyl (C=O) groups excluding carboxylic acids is 1. The van der Waals surface area contributed by atoms with Gasteiger partial charge >= 0.3 is 0 Å². The molecule has 2 heterocycles. The summed E-state index contributed by atoms with van der Waals surface area (Å²) in [6.07, 6.45) is 6.58. The molecule has 1 aliphatic heterocycles. The summed E-state index contributed by atoms with van der Waals surface area (Å²) < 4.78 is 1.87. The summed E-state index contributed by atoms with van der Waals surface area (Å²) in [4.78, 5) is 12.2. The Morgan fingerprint density at radius 1 is 1.52 bits per heavy atom. The van der Waals surface area contributed by atoms with Crippen molar-refractivity contribution >= 4 is 5.91 Å². The molecule has 21 heavy (non-hydrogen) atoms. The average molecular weight is 292 g/mol. The van der Waals surface area contributed by atoms with Gasteiger partial charge in [-0.15, -0.1) is 0 Å². The summed E-state index contributed by atoms with van der Waals surface area (Å²) in [6, 6.07) is 0.0862. The van der Waals surface area contributed by atoms with E-state index in [1.165, 1.54) is 5.69 Å². The number of hydrogen-bond acceptors (Lipinski definition) is 4. The lowest BCUT2D eigenvalue weighted by Gasteiger charge is -2.24. The highest BCUT2D eigenvalue weighted by atomic mass is 16.3. The molecule has 0 aromatic carbocycles. The summed E-state index contributed by atoms with van der Waals surface area (Å²) in [5.41, 5.74) is 2.30.